The van der Waals surface area contributed by atoms with Gasteiger partial charge < -0.3 is 14.6 Å². The molecule has 0 radical (unpaired) electrons. The van der Waals surface area contributed by atoms with E-state index in [1.807, 2.05) is 13.0 Å². The lowest BCUT2D eigenvalue weighted by Crippen LogP contribution is -2.02. The lowest BCUT2D eigenvalue weighted by Gasteiger charge is -2.15. The van der Waals surface area contributed by atoms with Crippen LogP contribution in [0.1, 0.15) is 17.5 Å². The van der Waals surface area contributed by atoms with Gasteiger partial charge in [-0.2, -0.15) is 0 Å². The van der Waals surface area contributed by atoms with Gasteiger partial charge in [0.25, 0.3) is 0 Å². The molecule has 0 fully saturated rings. The third-order valence-electron chi connectivity index (χ3n) is 2.48. The van der Waals surface area contributed by atoms with Gasteiger partial charge in [0.2, 0.25) is 0 Å². The fourth-order valence-electron chi connectivity index (χ4n) is 1.67. The maximum atomic E-state index is 10.6. The van der Waals surface area contributed by atoms with Gasteiger partial charge in [-0.1, -0.05) is 0 Å². The van der Waals surface area contributed by atoms with Crippen LogP contribution in [0.4, 0.5) is 0 Å². The summed E-state index contributed by atoms with van der Waals surface area (Å²) in [5.41, 5.74) is 1.76. The summed E-state index contributed by atoms with van der Waals surface area (Å²) in [5.74, 6) is 0.557. The standard InChI is InChI=1S/C12H15BrO4/c1-7-6-9(16-2)8(4-5-10(14)15)11(13)12(7)17-3/h6H,4-5H2,1-3H3,(H,14,15). The molecule has 1 aromatic rings. The molecule has 1 N–H and O–H groups in total. The number of aryl methyl sites for hydroxylation is 1. The second-order valence-corrected chi connectivity index (χ2v) is 4.41. The molecule has 0 aliphatic carbocycles. The Kier molecular flexibility index (Phi) is 4.81. The normalized spacial score (nSPS) is 10.1. The highest BCUT2D eigenvalue weighted by Crippen LogP contribution is 2.38. The van der Waals surface area contributed by atoms with Crippen molar-refractivity contribution in [3.8, 4) is 11.5 Å². The number of carboxylic acids is 1. The Morgan fingerprint density at radius 3 is 2.53 bits per heavy atom. The molecule has 0 aromatic heterocycles. The number of hydrogen-bond acceptors (Lipinski definition) is 3. The molecule has 1 aromatic carbocycles. The molecule has 17 heavy (non-hydrogen) atoms. The van der Waals surface area contributed by atoms with Crippen molar-refractivity contribution in [1.82, 2.24) is 0 Å². The first kappa shape index (κ1) is 13.8. The van der Waals surface area contributed by atoms with E-state index in [0.29, 0.717) is 17.9 Å². The van der Waals surface area contributed by atoms with Crippen molar-refractivity contribution < 1.29 is 19.4 Å². The van der Waals surface area contributed by atoms with Crippen LogP contribution in [-0.4, -0.2) is 25.3 Å². The predicted molar refractivity (Wildman–Crippen MR) is 67.9 cm³/mol. The SMILES string of the molecule is COc1cc(C)c(OC)c(Br)c1CCC(=O)O. The first-order chi connectivity index (χ1) is 8.01. The van der Waals surface area contributed by atoms with Crippen LogP contribution in [0.5, 0.6) is 11.5 Å². The molecule has 0 spiro atoms. The zero-order valence-corrected chi connectivity index (χ0v) is 11.6. The van der Waals surface area contributed by atoms with E-state index in [1.54, 1.807) is 14.2 Å². The zero-order valence-electron chi connectivity index (χ0n) is 10.0. The topological polar surface area (TPSA) is 55.8 Å². The van der Waals surface area contributed by atoms with Crippen LogP contribution in [0.3, 0.4) is 0 Å². The molecule has 1 rings (SSSR count). The van der Waals surface area contributed by atoms with Crippen LogP contribution in [0.2, 0.25) is 0 Å². The second-order valence-electron chi connectivity index (χ2n) is 3.62. The molecule has 0 aliphatic rings. The van der Waals surface area contributed by atoms with Crippen molar-refractivity contribution in [2.75, 3.05) is 14.2 Å². The van der Waals surface area contributed by atoms with E-state index in [1.165, 1.54) is 0 Å². The highest BCUT2D eigenvalue weighted by Gasteiger charge is 2.16. The van der Waals surface area contributed by atoms with Gasteiger partial charge in [0.1, 0.15) is 11.5 Å². The lowest BCUT2D eigenvalue weighted by molar-refractivity contribution is -0.136. The predicted octanol–water partition coefficient (Wildman–Crippen LogP) is 2.79. The number of halogens is 1. The summed E-state index contributed by atoms with van der Waals surface area (Å²) in [6, 6.07) is 1.85. The molecule has 0 amide bonds. The summed E-state index contributed by atoms with van der Waals surface area (Å²) in [6.45, 7) is 1.91. The van der Waals surface area contributed by atoms with E-state index in [2.05, 4.69) is 15.9 Å². The van der Waals surface area contributed by atoms with Crippen molar-refractivity contribution in [3.05, 3.63) is 21.7 Å². The molecule has 0 saturated heterocycles. The number of ether oxygens (including phenoxy) is 2. The van der Waals surface area contributed by atoms with Gasteiger partial charge in [-0.25, -0.2) is 0 Å². The van der Waals surface area contributed by atoms with Crippen molar-refractivity contribution in [3.63, 3.8) is 0 Å². The monoisotopic (exact) mass is 302 g/mol. The molecule has 0 aliphatic heterocycles. The fourth-order valence-corrected chi connectivity index (χ4v) is 2.53. The van der Waals surface area contributed by atoms with Crippen LogP contribution in [0, 0.1) is 6.92 Å². The molecule has 4 nitrogen and oxygen atoms in total. The Bertz CT molecular complexity index is 429. The molecular formula is C12H15BrO4. The summed E-state index contributed by atoms with van der Waals surface area (Å²) < 4.78 is 11.3. The van der Waals surface area contributed by atoms with Crippen LogP contribution < -0.4 is 9.47 Å². The molecule has 5 heteroatoms. The minimum atomic E-state index is -0.835. The van der Waals surface area contributed by atoms with Gasteiger partial charge in [-0.15, -0.1) is 0 Å². The highest BCUT2D eigenvalue weighted by molar-refractivity contribution is 9.10. The van der Waals surface area contributed by atoms with E-state index < -0.39 is 5.97 Å². The first-order valence-electron chi connectivity index (χ1n) is 5.13. The largest absolute Gasteiger partial charge is 0.496 e. The number of aliphatic carboxylic acids is 1. The summed E-state index contributed by atoms with van der Waals surface area (Å²) in [6.07, 6.45) is 0.455. The van der Waals surface area contributed by atoms with E-state index in [-0.39, 0.29) is 6.42 Å². The Balaban J connectivity index is 3.20. The molecule has 0 unspecified atom stereocenters. The molecular weight excluding hydrogens is 288 g/mol. The quantitative estimate of drug-likeness (QED) is 0.909. The van der Waals surface area contributed by atoms with Crippen molar-refractivity contribution >= 4 is 21.9 Å². The van der Waals surface area contributed by atoms with E-state index in [9.17, 15) is 4.79 Å². The Labute approximate surface area is 109 Å². The minimum Gasteiger partial charge on any atom is -0.496 e. The second kappa shape index (κ2) is 5.91. The summed E-state index contributed by atoms with van der Waals surface area (Å²) >= 11 is 3.44. The smallest absolute Gasteiger partial charge is 0.303 e. The molecule has 0 bridgehead atoms. The van der Waals surface area contributed by atoms with Crippen molar-refractivity contribution in [2.24, 2.45) is 0 Å². The Morgan fingerprint density at radius 1 is 1.41 bits per heavy atom. The van der Waals surface area contributed by atoms with Crippen LogP contribution in [-0.2, 0) is 11.2 Å². The average molecular weight is 303 g/mol. The number of carboxylic acid groups (broad SMARTS) is 1. The Hall–Kier alpha value is -1.23. The summed E-state index contributed by atoms with van der Waals surface area (Å²) in [5, 5.41) is 8.72. The van der Waals surface area contributed by atoms with Crippen LogP contribution in [0.25, 0.3) is 0 Å². The van der Waals surface area contributed by atoms with E-state index in [0.717, 1.165) is 15.6 Å². The maximum absolute atomic E-state index is 10.6. The first-order valence-corrected chi connectivity index (χ1v) is 5.92. The number of methoxy groups -OCH3 is 2. The molecule has 0 heterocycles. The minimum absolute atomic E-state index is 0.0567. The fraction of sp³-hybridized carbons (Fsp3) is 0.417. The van der Waals surface area contributed by atoms with Crippen molar-refractivity contribution in [2.45, 2.75) is 19.8 Å². The van der Waals surface area contributed by atoms with Crippen molar-refractivity contribution in [1.29, 1.82) is 0 Å². The van der Waals surface area contributed by atoms with Crippen LogP contribution in [0.15, 0.2) is 10.5 Å². The molecule has 0 atom stereocenters. The zero-order chi connectivity index (χ0) is 13.0. The third kappa shape index (κ3) is 3.12. The van der Waals surface area contributed by atoms with Gasteiger partial charge in [0.15, 0.2) is 0 Å². The van der Waals surface area contributed by atoms with Crippen LogP contribution >= 0.6 is 15.9 Å². The highest BCUT2D eigenvalue weighted by atomic mass is 79.9. The van der Waals surface area contributed by atoms with Gasteiger partial charge >= 0.3 is 5.97 Å². The summed E-state index contributed by atoms with van der Waals surface area (Å²) in [7, 11) is 3.15. The number of carbonyl (C=O) groups is 1. The number of hydrogen-bond donors (Lipinski definition) is 1. The third-order valence-corrected chi connectivity index (χ3v) is 3.32. The maximum Gasteiger partial charge on any atom is 0.303 e. The van der Waals surface area contributed by atoms with E-state index in [4.69, 9.17) is 14.6 Å². The van der Waals surface area contributed by atoms with E-state index >= 15 is 0 Å². The van der Waals surface area contributed by atoms with Gasteiger partial charge in [-0.3, -0.25) is 4.79 Å². The number of rotatable bonds is 5. The Morgan fingerprint density at radius 2 is 2.06 bits per heavy atom. The lowest BCUT2D eigenvalue weighted by atomic mass is 10.1. The van der Waals surface area contributed by atoms with Gasteiger partial charge in [0, 0.05) is 12.0 Å². The average Bonchev–Trinajstić information content (AvgIpc) is 2.27. The molecule has 0 saturated carbocycles. The number of benzene rings is 1. The van der Waals surface area contributed by atoms with Gasteiger partial charge in [0.05, 0.1) is 18.7 Å². The van der Waals surface area contributed by atoms with Gasteiger partial charge in [-0.05, 0) is 40.9 Å². The molecule has 94 valence electrons. The summed E-state index contributed by atoms with van der Waals surface area (Å²) in [4.78, 5) is 10.6.